The largest absolute Gasteiger partial charge is 0.365 e. The Bertz CT molecular complexity index is 1040. The smallest absolute Gasteiger partial charge is 0.185 e. The van der Waals surface area contributed by atoms with Crippen molar-refractivity contribution in [1.82, 2.24) is 20.0 Å². The number of carbonyl (C=O) groups excluding carboxylic acids is 1. The highest BCUT2D eigenvalue weighted by atomic mass is 32.2. The fourth-order valence-corrected chi connectivity index (χ4v) is 5.98. The summed E-state index contributed by atoms with van der Waals surface area (Å²) in [6.45, 7) is 12.6. The first kappa shape index (κ1) is 28.3. The van der Waals surface area contributed by atoms with Crippen LogP contribution in [-0.2, 0) is 11.2 Å². The first-order valence-corrected chi connectivity index (χ1v) is 14.7. The topological polar surface area (TPSA) is 108 Å². The molecule has 36 heavy (non-hydrogen) atoms. The van der Waals surface area contributed by atoms with Crippen molar-refractivity contribution in [3.05, 3.63) is 16.9 Å². The third-order valence-electron chi connectivity index (χ3n) is 7.16. The van der Waals surface area contributed by atoms with Crippen LogP contribution in [0.2, 0.25) is 0 Å². The Balaban J connectivity index is 0.00000176. The second-order valence-corrected chi connectivity index (χ2v) is 10.1. The third kappa shape index (κ3) is 5.83. The molecule has 8 nitrogen and oxygen atoms in total. The lowest BCUT2D eigenvalue weighted by Crippen LogP contribution is -2.41. The number of thioether (sulfide) groups is 1. The van der Waals surface area contributed by atoms with Crippen LogP contribution in [-0.4, -0.2) is 63.5 Å². The molecule has 2 aromatic rings. The first-order valence-electron chi connectivity index (χ1n) is 13.5. The van der Waals surface area contributed by atoms with Crippen molar-refractivity contribution < 1.29 is 9.32 Å². The van der Waals surface area contributed by atoms with E-state index in [0.717, 1.165) is 55.8 Å². The molecule has 3 heterocycles. The van der Waals surface area contributed by atoms with Gasteiger partial charge in [0.05, 0.1) is 11.5 Å². The maximum absolute atomic E-state index is 12.7. The number of hydrogen-bond acceptors (Lipinski definition) is 9. The van der Waals surface area contributed by atoms with Gasteiger partial charge in [-0.15, -0.1) is 11.8 Å². The first-order chi connectivity index (χ1) is 17.5. The van der Waals surface area contributed by atoms with Crippen molar-refractivity contribution in [2.45, 2.75) is 103 Å². The molecule has 0 saturated carbocycles. The molecule has 1 aliphatic carbocycles. The molecule has 0 unspecified atom stereocenters. The second-order valence-electron chi connectivity index (χ2n) is 9.27. The number of nitrogens with zero attached hydrogens (tertiary/aromatic N) is 4. The summed E-state index contributed by atoms with van der Waals surface area (Å²) in [7, 11) is 0. The summed E-state index contributed by atoms with van der Waals surface area (Å²) in [5, 5.41) is 16.7. The molecule has 1 aliphatic heterocycles. The predicted molar refractivity (Wildman–Crippen MR) is 147 cm³/mol. The standard InChI is InChI=1S/C25H36N6O2S.C2H6/c1-5-9-20(32)16-10-7-11-17-21(30-33-22(16)17)24-28-23(18(14-26)25(29-24)34-4)27-15(3)19-12-8-13-31(19)6-2;1-2/h14-16,19,26H,5-13H2,1-4H3,(H,27,28,29);1-2H3/t15-,16+,19-;/m0./s1. The van der Waals surface area contributed by atoms with E-state index in [4.69, 9.17) is 19.9 Å². The molecule has 1 fully saturated rings. The maximum Gasteiger partial charge on any atom is 0.185 e. The second kappa shape index (κ2) is 13.3. The average molecular weight is 515 g/mol. The number of fused-ring (bicyclic) bond motifs is 1. The van der Waals surface area contributed by atoms with Gasteiger partial charge in [0.1, 0.15) is 16.6 Å². The minimum Gasteiger partial charge on any atom is -0.365 e. The Morgan fingerprint density at radius 1 is 1.28 bits per heavy atom. The zero-order valence-electron chi connectivity index (χ0n) is 22.7. The Hall–Kier alpha value is -2.26. The van der Waals surface area contributed by atoms with E-state index in [1.807, 2.05) is 27.0 Å². The number of ketones is 1. The van der Waals surface area contributed by atoms with E-state index in [1.165, 1.54) is 24.4 Å². The number of nitrogens with one attached hydrogen (secondary N) is 2. The van der Waals surface area contributed by atoms with Crippen molar-refractivity contribution in [2.75, 3.05) is 24.7 Å². The monoisotopic (exact) mass is 514 g/mol. The highest BCUT2D eigenvalue weighted by molar-refractivity contribution is 7.98. The number of anilines is 1. The molecule has 1 saturated heterocycles. The lowest BCUT2D eigenvalue weighted by molar-refractivity contribution is -0.121. The fraction of sp³-hybridized carbons (Fsp3) is 0.667. The number of Topliss-reactive ketones (excluding diaryl/α,β-unsaturated/α-hetero) is 1. The van der Waals surface area contributed by atoms with Gasteiger partial charge in [-0.25, -0.2) is 9.97 Å². The summed E-state index contributed by atoms with van der Waals surface area (Å²) >= 11 is 1.49. The minimum atomic E-state index is -0.217. The molecule has 0 radical (unpaired) electrons. The molecule has 0 spiro atoms. The highest BCUT2D eigenvalue weighted by Gasteiger charge is 2.34. The molecule has 2 aromatic heterocycles. The van der Waals surface area contributed by atoms with Crippen molar-refractivity contribution in [2.24, 2.45) is 0 Å². The van der Waals surface area contributed by atoms with Crippen molar-refractivity contribution in [3.63, 3.8) is 0 Å². The summed E-state index contributed by atoms with van der Waals surface area (Å²) in [6.07, 6.45) is 9.57. The van der Waals surface area contributed by atoms with Crippen LogP contribution >= 0.6 is 11.8 Å². The summed E-state index contributed by atoms with van der Waals surface area (Å²) < 4.78 is 5.75. The average Bonchev–Trinajstić information content (AvgIpc) is 3.56. The summed E-state index contributed by atoms with van der Waals surface area (Å²) in [4.78, 5) is 24.8. The molecule has 2 aliphatic rings. The Kier molecular flexibility index (Phi) is 10.5. The molecular weight excluding hydrogens is 472 g/mol. The van der Waals surface area contributed by atoms with Crippen molar-refractivity contribution in [1.29, 1.82) is 5.41 Å². The molecule has 198 valence electrons. The molecule has 3 atom stereocenters. The molecule has 9 heteroatoms. The van der Waals surface area contributed by atoms with Gasteiger partial charge in [-0.1, -0.05) is 32.9 Å². The number of rotatable bonds is 10. The van der Waals surface area contributed by atoms with Gasteiger partial charge in [0, 0.05) is 30.3 Å². The van der Waals surface area contributed by atoms with E-state index in [2.05, 4.69) is 29.2 Å². The van der Waals surface area contributed by atoms with Gasteiger partial charge in [-0.05, 0) is 64.8 Å². The molecule has 0 amide bonds. The highest BCUT2D eigenvalue weighted by Crippen LogP contribution is 2.39. The quantitative estimate of drug-likeness (QED) is 0.227. The van der Waals surface area contributed by atoms with Crippen LogP contribution in [0.1, 0.15) is 95.9 Å². The fourth-order valence-electron chi connectivity index (χ4n) is 5.43. The zero-order chi connectivity index (χ0) is 26.2. The molecular formula is C27H42N6O2S. The van der Waals surface area contributed by atoms with Crippen LogP contribution in [0.25, 0.3) is 11.5 Å². The maximum atomic E-state index is 12.7. The van der Waals surface area contributed by atoms with Gasteiger partial charge in [-0.3, -0.25) is 9.69 Å². The minimum absolute atomic E-state index is 0.181. The van der Waals surface area contributed by atoms with E-state index in [9.17, 15) is 4.79 Å². The van der Waals surface area contributed by atoms with Crippen molar-refractivity contribution >= 4 is 29.6 Å². The van der Waals surface area contributed by atoms with E-state index in [-0.39, 0.29) is 17.7 Å². The van der Waals surface area contributed by atoms with Crippen LogP contribution in [0.15, 0.2) is 9.55 Å². The number of carbonyl (C=O) groups is 1. The van der Waals surface area contributed by atoms with Crippen LogP contribution in [0.5, 0.6) is 0 Å². The lowest BCUT2D eigenvalue weighted by atomic mass is 9.83. The van der Waals surface area contributed by atoms with Crippen LogP contribution < -0.4 is 5.32 Å². The van der Waals surface area contributed by atoms with Crippen LogP contribution in [0, 0.1) is 5.41 Å². The van der Waals surface area contributed by atoms with Crippen molar-refractivity contribution in [3.8, 4) is 11.5 Å². The summed E-state index contributed by atoms with van der Waals surface area (Å²) in [5.41, 5.74) is 2.28. The molecule has 0 aromatic carbocycles. The number of likely N-dealkylation sites (N-methyl/N-ethyl adjacent to an activating group) is 1. The number of aromatic nitrogens is 3. The number of hydrogen-bond donors (Lipinski definition) is 2. The molecule has 2 N–H and O–H groups in total. The van der Waals surface area contributed by atoms with E-state index < -0.39 is 0 Å². The third-order valence-corrected chi connectivity index (χ3v) is 7.86. The Labute approximate surface area is 219 Å². The number of likely N-dealkylation sites (tertiary alicyclic amines) is 1. The zero-order valence-corrected chi connectivity index (χ0v) is 23.5. The van der Waals surface area contributed by atoms with E-state index >= 15 is 0 Å². The van der Waals surface area contributed by atoms with E-state index in [0.29, 0.717) is 41.1 Å². The van der Waals surface area contributed by atoms with Gasteiger partial charge in [0.2, 0.25) is 0 Å². The van der Waals surface area contributed by atoms with Crippen LogP contribution in [0.4, 0.5) is 5.82 Å². The SMILES string of the molecule is CC.CCCC(=O)[C@H]1CCCc2c(-c3nc(N[C@@H](C)[C@@H]4CCCN4CC)c(C=N)c(SC)n3)noc21. The normalized spacial score (nSPS) is 20.3. The lowest BCUT2D eigenvalue weighted by Gasteiger charge is -2.30. The van der Waals surface area contributed by atoms with Gasteiger partial charge in [0.25, 0.3) is 0 Å². The summed E-state index contributed by atoms with van der Waals surface area (Å²) in [5.74, 6) is 1.86. The van der Waals surface area contributed by atoms with Gasteiger partial charge in [0.15, 0.2) is 17.3 Å². The Morgan fingerprint density at radius 3 is 2.72 bits per heavy atom. The summed E-state index contributed by atoms with van der Waals surface area (Å²) in [6, 6.07) is 0.616. The van der Waals surface area contributed by atoms with Gasteiger partial charge in [-0.2, -0.15) is 0 Å². The Morgan fingerprint density at radius 2 is 2.06 bits per heavy atom. The van der Waals surface area contributed by atoms with Crippen LogP contribution in [0.3, 0.4) is 0 Å². The molecule has 4 rings (SSSR count). The van der Waals surface area contributed by atoms with E-state index in [1.54, 1.807) is 0 Å². The predicted octanol–water partition coefficient (Wildman–Crippen LogP) is 5.95. The molecule has 0 bridgehead atoms. The van der Waals surface area contributed by atoms with Gasteiger partial charge < -0.3 is 15.2 Å². The van der Waals surface area contributed by atoms with Gasteiger partial charge >= 0.3 is 0 Å².